The lowest BCUT2D eigenvalue weighted by atomic mass is 9.56. The highest BCUT2D eigenvalue weighted by Gasteiger charge is 2.67. The van der Waals surface area contributed by atoms with Gasteiger partial charge in [0.1, 0.15) is 0 Å². The Morgan fingerprint density at radius 2 is 0.807 bits per heavy atom. The molecule has 6 saturated carbocycles. The molecule has 276 valence electrons. The van der Waals surface area contributed by atoms with E-state index in [0.29, 0.717) is 34.5 Å². The minimum atomic E-state index is 0.577. The average Bonchev–Trinajstić information content (AvgIpc) is 4.04. The molecule has 0 amide bonds. The van der Waals surface area contributed by atoms with Crippen LogP contribution in [0.4, 0.5) is 0 Å². The molecule has 0 radical (unpaired) electrons. The first-order valence-corrected chi connectivity index (χ1v) is 22.4. The molecule has 4 aromatic carbocycles. The quantitative estimate of drug-likeness (QED) is 0.181. The molecule has 16 rings (SSSR count). The van der Waals surface area contributed by atoms with E-state index in [-0.39, 0.29) is 0 Å². The zero-order valence-corrected chi connectivity index (χ0v) is 32.3. The minimum absolute atomic E-state index is 0.577. The first kappa shape index (κ1) is 30.1. The number of hydrogen-bond acceptors (Lipinski definition) is 2. The van der Waals surface area contributed by atoms with Crippen LogP contribution in [0.25, 0.3) is 71.5 Å². The van der Waals surface area contributed by atoms with Gasteiger partial charge in [-0.2, -0.15) is 0 Å². The van der Waals surface area contributed by atoms with Crippen molar-refractivity contribution in [1.82, 2.24) is 14.4 Å². The summed E-state index contributed by atoms with van der Waals surface area (Å²) in [6, 6.07) is 34.4. The minimum Gasteiger partial charge on any atom is -0.305 e. The molecular weight excluding hydrogens is 691 g/mol. The van der Waals surface area contributed by atoms with Gasteiger partial charge >= 0.3 is 0 Å². The second-order valence-corrected chi connectivity index (χ2v) is 20.6. The van der Waals surface area contributed by atoms with Crippen LogP contribution in [-0.4, -0.2) is 14.4 Å². The van der Waals surface area contributed by atoms with Gasteiger partial charge in [-0.05, 0) is 144 Å². The highest BCUT2D eigenvalue weighted by atomic mass is 15.0. The molecule has 8 aliphatic carbocycles. The van der Waals surface area contributed by atoms with Crippen molar-refractivity contribution >= 4 is 38.1 Å². The molecule has 0 N–H and O–H groups in total. The molecule has 10 atom stereocenters. The number of aromatic nitrogens is 3. The van der Waals surface area contributed by atoms with Crippen molar-refractivity contribution in [2.45, 2.75) is 87.9 Å². The molecular formula is C54H45N3. The molecule has 10 unspecified atom stereocenters. The summed E-state index contributed by atoms with van der Waals surface area (Å²) in [5.74, 6) is 6.07. The van der Waals surface area contributed by atoms with Crippen molar-refractivity contribution in [1.29, 1.82) is 0 Å². The molecule has 57 heavy (non-hydrogen) atoms. The zero-order chi connectivity index (χ0) is 36.5. The summed E-state index contributed by atoms with van der Waals surface area (Å²) in [5.41, 5.74) is 19.5. The number of fused-ring (bicyclic) bond motifs is 18. The molecule has 0 aliphatic heterocycles. The van der Waals surface area contributed by atoms with Crippen LogP contribution >= 0.6 is 0 Å². The van der Waals surface area contributed by atoms with Crippen molar-refractivity contribution in [3.05, 3.63) is 126 Å². The van der Waals surface area contributed by atoms with Crippen molar-refractivity contribution < 1.29 is 0 Å². The van der Waals surface area contributed by atoms with Crippen molar-refractivity contribution in [2.24, 2.45) is 34.5 Å². The van der Waals surface area contributed by atoms with Crippen LogP contribution in [0.1, 0.15) is 110 Å². The number of benzene rings is 4. The molecule has 6 bridgehead atoms. The number of rotatable bonds is 3. The summed E-state index contributed by atoms with van der Waals surface area (Å²) in [7, 11) is 0. The first-order chi connectivity index (χ1) is 28.2. The standard InChI is InChI=1S/C54H45N3/c1-4-10-28(11-5-1)41-42(29-12-6-2-7-13-29)48-46-39(26-55-50-33-18-37-20-35-16-31(44(46)50)22-53(35,37)24-33)57-40-27-56-51-34-19-38-21-36-17-32(23-54(36,38)25-34)45(51)47(40)49(52(48)57)43(41)30-14-8-3-9-15-30/h1-15,26-27,31-38H,16-25H2. The lowest BCUT2D eigenvalue weighted by Crippen LogP contribution is -2.41. The van der Waals surface area contributed by atoms with E-state index < -0.39 is 0 Å². The second kappa shape index (κ2) is 9.80. The molecule has 0 saturated heterocycles. The predicted octanol–water partition coefficient (Wildman–Crippen LogP) is 13.4. The molecule has 8 aliphatic rings. The van der Waals surface area contributed by atoms with Crippen LogP contribution in [0.2, 0.25) is 0 Å². The van der Waals surface area contributed by atoms with Gasteiger partial charge in [0.25, 0.3) is 0 Å². The lowest BCUT2D eigenvalue weighted by Gasteiger charge is -2.48. The molecule has 4 heterocycles. The Hall–Kier alpha value is -5.02. The number of pyridine rings is 2. The summed E-state index contributed by atoms with van der Waals surface area (Å²) in [4.78, 5) is 11.3. The van der Waals surface area contributed by atoms with E-state index in [2.05, 4.69) is 108 Å². The van der Waals surface area contributed by atoms with Gasteiger partial charge in [0.2, 0.25) is 0 Å². The summed E-state index contributed by atoms with van der Waals surface area (Å²) < 4.78 is 2.71. The Balaban J connectivity index is 1.17. The van der Waals surface area contributed by atoms with E-state index in [0.717, 1.165) is 23.7 Å². The third kappa shape index (κ3) is 3.28. The molecule has 2 spiro atoms. The van der Waals surface area contributed by atoms with Crippen molar-refractivity contribution in [2.75, 3.05) is 0 Å². The number of hydrogen-bond donors (Lipinski definition) is 0. The molecule has 3 heteroatoms. The van der Waals surface area contributed by atoms with Gasteiger partial charge in [0, 0.05) is 55.9 Å². The van der Waals surface area contributed by atoms with E-state index >= 15 is 0 Å². The Morgan fingerprint density at radius 3 is 1.25 bits per heavy atom. The maximum absolute atomic E-state index is 5.66. The molecule has 6 fully saturated rings. The number of nitrogens with zero attached hydrogens (tertiary/aromatic N) is 3. The van der Waals surface area contributed by atoms with E-state index in [1.54, 1.807) is 11.1 Å². The van der Waals surface area contributed by atoms with Gasteiger partial charge in [-0.15, -0.1) is 0 Å². The Morgan fingerprint density at radius 1 is 0.421 bits per heavy atom. The largest absolute Gasteiger partial charge is 0.305 e. The Kier molecular flexibility index (Phi) is 5.18. The Labute approximate surface area is 332 Å². The first-order valence-electron chi connectivity index (χ1n) is 22.4. The summed E-state index contributed by atoms with van der Waals surface area (Å²) in [6.07, 6.45) is 18.5. The molecule has 3 nitrogen and oxygen atoms in total. The van der Waals surface area contributed by atoms with E-state index in [1.807, 2.05) is 0 Å². The highest BCUT2D eigenvalue weighted by molar-refractivity contribution is 6.34. The van der Waals surface area contributed by atoms with E-state index in [4.69, 9.17) is 9.97 Å². The van der Waals surface area contributed by atoms with Gasteiger partial charge in [0.15, 0.2) is 0 Å². The fourth-order valence-electron chi connectivity index (χ4n) is 17.1. The topological polar surface area (TPSA) is 30.2 Å². The molecule has 4 aromatic heterocycles. The third-order valence-electron chi connectivity index (χ3n) is 18.9. The van der Waals surface area contributed by atoms with E-state index in [9.17, 15) is 0 Å². The van der Waals surface area contributed by atoms with Gasteiger partial charge in [-0.3, -0.25) is 9.97 Å². The van der Waals surface area contributed by atoms with Gasteiger partial charge in [-0.25, -0.2) is 0 Å². The maximum atomic E-state index is 5.66. The zero-order valence-electron chi connectivity index (χ0n) is 32.3. The molecule has 8 aromatic rings. The monoisotopic (exact) mass is 735 g/mol. The fraction of sp³-hybridized carbons (Fsp3) is 0.370. The second-order valence-electron chi connectivity index (χ2n) is 20.6. The normalized spacial score (nSPS) is 34.5. The average molecular weight is 736 g/mol. The van der Waals surface area contributed by atoms with Crippen LogP contribution in [0.3, 0.4) is 0 Å². The van der Waals surface area contributed by atoms with Gasteiger partial charge < -0.3 is 4.40 Å². The lowest BCUT2D eigenvalue weighted by molar-refractivity contribution is 0.00321. The smallest absolute Gasteiger partial charge is 0.0728 e. The van der Waals surface area contributed by atoms with Crippen molar-refractivity contribution in [3.8, 4) is 33.4 Å². The predicted molar refractivity (Wildman–Crippen MR) is 229 cm³/mol. The van der Waals surface area contributed by atoms with E-state index in [1.165, 1.54) is 147 Å². The maximum Gasteiger partial charge on any atom is 0.0728 e. The van der Waals surface area contributed by atoms with Crippen molar-refractivity contribution in [3.63, 3.8) is 0 Å². The van der Waals surface area contributed by atoms with Crippen LogP contribution in [0, 0.1) is 34.5 Å². The van der Waals surface area contributed by atoms with Crippen LogP contribution < -0.4 is 0 Å². The van der Waals surface area contributed by atoms with Crippen LogP contribution in [-0.2, 0) is 0 Å². The van der Waals surface area contributed by atoms with Gasteiger partial charge in [0.05, 0.1) is 28.9 Å². The van der Waals surface area contributed by atoms with Crippen LogP contribution in [0.5, 0.6) is 0 Å². The third-order valence-corrected chi connectivity index (χ3v) is 18.9. The highest BCUT2D eigenvalue weighted by Crippen LogP contribution is 2.78. The fourth-order valence-corrected chi connectivity index (χ4v) is 17.1. The SMILES string of the molecule is c1ccc(-c2c(-c3ccccc3)c3c4c5c(ncc4n4c6cnc7c(c6c(c2-c2ccccc2)c34)C2CC3CC4CC7CC43C2)C2CC3CC4CC5CC34C2)cc1. The van der Waals surface area contributed by atoms with Crippen LogP contribution in [0.15, 0.2) is 103 Å². The summed E-state index contributed by atoms with van der Waals surface area (Å²) >= 11 is 0. The summed E-state index contributed by atoms with van der Waals surface area (Å²) in [5, 5.41) is 5.97. The Bertz CT molecular complexity index is 2910. The summed E-state index contributed by atoms with van der Waals surface area (Å²) in [6.45, 7) is 0. The van der Waals surface area contributed by atoms with Gasteiger partial charge in [-0.1, -0.05) is 91.0 Å².